The molecule has 9 heteroatoms. The van der Waals surface area contributed by atoms with Crippen molar-refractivity contribution in [3.63, 3.8) is 0 Å². The van der Waals surface area contributed by atoms with E-state index in [1.165, 1.54) is 0 Å². The number of urea groups is 1. The van der Waals surface area contributed by atoms with Gasteiger partial charge in [0.1, 0.15) is 17.8 Å². The first-order valence-electron chi connectivity index (χ1n) is 14.7. The van der Waals surface area contributed by atoms with Crippen molar-refractivity contribution < 1.29 is 4.79 Å². The highest BCUT2D eigenvalue weighted by atomic mass is 16.2. The Bertz CT molecular complexity index is 1780. The van der Waals surface area contributed by atoms with Crippen molar-refractivity contribution in [2.24, 2.45) is 0 Å². The van der Waals surface area contributed by atoms with Gasteiger partial charge < -0.3 is 20.1 Å². The quantitative estimate of drug-likeness (QED) is 0.324. The molecule has 4 heterocycles. The molecule has 7 rings (SSSR count). The summed E-state index contributed by atoms with van der Waals surface area (Å²) in [7, 11) is 3.63. The molecule has 1 saturated heterocycles. The average molecular weight is 561 g/mol. The van der Waals surface area contributed by atoms with E-state index >= 15 is 0 Å². The number of fused-ring (bicyclic) bond motifs is 2. The van der Waals surface area contributed by atoms with Gasteiger partial charge in [0, 0.05) is 75.1 Å². The van der Waals surface area contributed by atoms with E-state index in [9.17, 15) is 4.79 Å². The minimum absolute atomic E-state index is 0.0974. The molecule has 5 aromatic rings. The Hall–Kier alpha value is -4.50. The number of amides is 2. The van der Waals surface area contributed by atoms with E-state index in [4.69, 9.17) is 15.7 Å². The molecule has 0 unspecified atom stereocenters. The standard InChI is InChI=1S/C33H36N8O/c1-21-26(11-9-23-10-12-28(37-30(21)23)22-7-5-4-6-8-22)27-19-41(32-29(27)31(34)35-20-36-32)25-17-24(18-25)39-13-15-40(16-14-39)33(42)38(2)3/h4-12,19-20,24-25H,13-18H2,1-3H3,(H2,34,35,36). The predicted octanol–water partition coefficient (Wildman–Crippen LogP) is 5.21. The maximum absolute atomic E-state index is 12.3. The van der Waals surface area contributed by atoms with Gasteiger partial charge in [0.2, 0.25) is 0 Å². The zero-order valence-electron chi connectivity index (χ0n) is 24.4. The van der Waals surface area contributed by atoms with E-state index in [0.29, 0.717) is 17.9 Å². The third-order valence-electron chi connectivity index (χ3n) is 9.08. The lowest BCUT2D eigenvalue weighted by molar-refractivity contribution is 0.0434. The number of rotatable bonds is 4. The van der Waals surface area contributed by atoms with E-state index < -0.39 is 0 Å². The minimum atomic E-state index is 0.0974. The predicted molar refractivity (Wildman–Crippen MR) is 167 cm³/mol. The molecular formula is C33H36N8O. The normalized spacial score (nSPS) is 19.3. The van der Waals surface area contributed by atoms with E-state index in [0.717, 1.165) is 88.9 Å². The number of hydrogen-bond donors (Lipinski definition) is 1. The molecule has 2 N–H and O–H groups in total. The van der Waals surface area contributed by atoms with Crippen LogP contribution < -0.4 is 5.73 Å². The molecule has 2 amide bonds. The van der Waals surface area contributed by atoms with Gasteiger partial charge in [-0.15, -0.1) is 0 Å². The number of carbonyl (C=O) groups is 1. The van der Waals surface area contributed by atoms with Crippen LogP contribution in [-0.2, 0) is 0 Å². The van der Waals surface area contributed by atoms with E-state index in [1.807, 2.05) is 37.2 Å². The van der Waals surface area contributed by atoms with Crippen LogP contribution in [-0.4, -0.2) is 86.6 Å². The van der Waals surface area contributed by atoms with Crippen LogP contribution >= 0.6 is 0 Å². The number of anilines is 1. The summed E-state index contributed by atoms with van der Waals surface area (Å²) in [6, 6.07) is 19.8. The average Bonchev–Trinajstić information content (AvgIpc) is 3.37. The van der Waals surface area contributed by atoms with E-state index in [2.05, 4.69) is 64.0 Å². The number of aromatic nitrogens is 4. The zero-order valence-corrected chi connectivity index (χ0v) is 24.4. The molecule has 0 spiro atoms. The largest absolute Gasteiger partial charge is 0.383 e. The lowest BCUT2D eigenvalue weighted by Crippen LogP contribution is -2.56. The summed E-state index contributed by atoms with van der Waals surface area (Å²) in [5, 5.41) is 2.01. The molecular weight excluding hydrogens is 524 g/mol. The van der Waals surface area contributed by atoms with E-state index in [-0.39, 0.29) is 6.03 Å². The molecule has 2 aromatic carbocycles. The molecule has 0 bridgehead atoms. The number of benzene rings is 2. The second-order valence-electron chi connectivity index (χ2n) is 11.8. The van der Waals surface area contributed by atoms with Crippen molar-refractivity contribution in [2.75, 3.05) is 46.0 Å². The molecule has 1 aliphatic carbocycles. The Morgan fingerprint density at radius 3 is 2.38 bits per heavy atom. The van der Waals surface area contributed by atoms with Crippen LogP contribution in [0.15, 0.2) is 67.1 Å². The third kappa shape index (κ3) is 4.44. The van der Waals surface area contributed by atoms with Crippen LogP contribution in [0.4, 0.5) is 10.6 Å². The van der Waals surface area contributed by atoms with Crippen LogP contribution in [0.5, 0.6) is 0 Å². The first-order valence-corrected chi connectivity index (χ1v) is 14.7. The Kier molecular flexibility index (Phi) is 6.54. The number of carbonyl (C=O) groups excluding carboxylic acids is 1. The smallest absolute Gasteiger partial charge is 0.319 e. The van der Waals surface area contributed by atoms with Crippen LogP contribution in [0.1, 0.15) is 24.4 Å². The monoisotopic (exact) mass is 560 g/mol. The van der Waals surface area contributed by atoms with Crippen molar-refractivity contribution in [1.29, 1.82) is 0 Å². The molecule has 3 aromatic heterocycles. The van der Waals surface area contributed by atoms with Crippen LogP contribution in [0.3, 0.4) is 0 Å². The summed E-state index contributed by atoms with van der Waals surface area (Å²) in [4.78, 5) is 32.7. The van der Waals surface area contributed by atoms with Crippen LogP contribution in [0.25, 0.3) is 44.3 Å². The van der Waals surface area contributed by atoms with Crippen molar-refractivity contribution in [2.45, 2.75) is 31.8 Å². The number of aryl methyl sites for hydroxylation is 1. The van der Waals surface area contributed by atoms with Crippen LogP contribution in [0, 0.1) is 6.92 Å². The highest BCUT2D eigenvalue weighted by Gasteiger charge is 2.38. The van der Waals surface area contributed by atoms with Gasteiger partial charge in [0.25, 0.3) is 0 Å². The Morgan fingerprint density at radius 1 is 0.905 bits per heavy atom. The molecule has 1 saturated carbocycles. The lowest BCUT2D eigenvalue weighted by Gasteiger charge is -2.47. The van der Waals surface area contributed by atoms with Crippen molar-refractivity contribution in [1.82, 2.24) is 34.2 Å². The Balaban J connectivity index is 1.18. The third-order valence-corrected chi connectivity index (χ3v) is 9.08. The maximum Gasteiger partial charge on any atom is 0.319 e. The summed E-state index contributed by atoms with van der Waals surface area (Å²) in [5.41, 5.74) is 13.7. The molecule has 0 atom stereocenters. The SMILES string of the molecule is Cc1c(-c2cn(C3CC(N4CCN(C(=O)N(C)C)CC4)C3)c3ncnc(N)c23)ccc2ccc(-c3ccccc3)nc12. The van der Waals surface area contributed by atoms with E-state index in [1.54, 1.807) is 11.2 Å². The fourth-order valence-corrected chi connectivity index (χ4v) is 6.63. The van der Waals surface area contributed by atoms with Gasteiger partial charge in [0.05, 0.1) is 16.6 Å². The molecule has 2 aliphatic rings. The van der Waals surface area contributed by atoms with Crippen molar-refractivity contribution >= 4 is 33.8 Å². The highest BCUT2D eigenvalue weighted by Crippen LogP contribution is 2.43. The molecule has 9 nitrogen and oxygen atoms in total. The summed E-state index contributed by atoms with van der Waals surface area (Å²) in [6.07, 6.45) is 5.89. The van der Waals surface area contributed by atoms with Gasteiger partial charge in [0.15, 0.2) is 0 Å². The van der Waals surface area contributed by atoms with Gasteiger partial charge in [-0.25, -0.2) is 19.7 Å². The fraction of sp³-hybridized carbons (Fsp3) is 0.333. The zero-order chi connectivity index (χ0) is 29.0. The second-order valence-corrected chi connectivity index (χ2v) is 11.8. The first kappa shape index (κ1) is 26.4. The molecule has 1 aliphatic heterocycles. The number of hydrogen-bond acceptors (Lipinski definition) is 6. The van der Waals surface area contributed by atoms with Gasteiger partial charge in [-0.3, -0.25) is 4.90 Å². The number of nitrogen functional groups attached to an aromatic ring is 1. The minimum Gasteiger partial charge on any atom is -0.383 e. The fourth-order valence-electron chi connectivity index (χ4n) is 6.63. The Labute approximate surface area is 245 Å². The number of nitrogens with two attached hydrogens (primary N) is 1. The number of piperazine rings is 1. The second kappa shape index (κ2) is 10.4. The summed E-state index contributed by atoms with van der Waals surface area (Å²) < 4.78 is 2.31. The molecule has 0 radical (unpaired) electrons. The summed E-state index contributed by atoms with van der Waals surface area (Å²) in [5.74, 6) is 0.497. The van der Waals surface area contributed by atoms with Gasteiger partial charge in [-0.2, -0.15) is 0 Å². The topological polar surface area (TPSA) is 96.4 Å². The van der Waals surface area contributed by atoms with Gasteiger partial charge in [-0.1, -0.05) is 48.5 Å². The summed E-state index contributed by atoms with van der Waals surface area (Å²) in [6.45, 7) is 5.53. The molecule has 2 fully saturated rings. The lowest BCUT2D eigenvalue weighted by atomic mass is 9.85. The van der Waals surface area contributed by atoms with Gasteiger partial charge in [-0.05, 0) is 37.0 Å². The maximum atomic E-state index is 12.3. The van der Waals surface area contributed by atoms with Crippen molar-refractivity contribution in [3.05, 3.63) is 72.7 Å². The van der Waals surface area contributed by atoms with Crippen molar-refractivity contribution in [3.8, 4) is 22.4 Å². The molecule has 42 heavy (non-hydrogen) atoms. The van der Waals surface area contributed by atoms with Gasteiger partial charge >= 0.3 is 6.03 Å². The Morgan fingerprint density at radius 2 is 1.64 bits per heavy atom. The van der Waals surface area contributed by atoms with Crippen LogP contribution in [0.2, 0.25) is 0 Å². The number of pyridine rings is 1. The first-order chi connectivity index (χ1) is 20.4. The highest BCUT2D eigenvalue weighted by molar-refractivity contribution is 6.03. The summed E-state index contributed by atoms with van der Waals surface area (Å²) >= 11 is 0. The number of nitrogens with zero attached hydrogens (tertiary/aromatic N) is 7. The molecule has 214 valence electrons.